The molecule has 1 saturated heterocycles. The highest BCUT2D eigenvalue weighted by Gasteiger charge is 2.29. The fourth-order valence-corrected chi connectivity index (χ4v) is 4.78. The van der Waals surface area contributed by atoms with E-state index in [0.717, 1.165) is 45.7 Å². The molecule has 1 aliphatic carbocycles. The molecular weight excluding hydrogens is 383 g/mol. The van der Waals surface area contributed by atoms with Crippen LogP contribution in [0.5, 0.6) is 0 Å². The maximum atomic E-state index is 14.7. The second-order valence-corrected chi connectivity index (χ2v) is 8.17. The molecule has 0 unspecified atom stereocenters. The molecule has 1 saturated carbocycles. The Morgan fingerprint density at radius 3 is 2.79 bits per heavy atom. The Bertz CT molecular complexity index is 1160. The monoisotopic (exact) mass is 404 g/mol. The average molecular weight is 404 g/mol. The van der Waals surface area contributed by atoms with Crippen LogP contribution in [0.1, 0.15) is 18.9 Å². The minimum atomic E-state index is -0.472. The highest BCUT2D eigenvalue weighted by atomic mass is 32.1. The number of pyridine rings is 1. The van der Waals surface area contributed by atoms with Gasteiger partial charge in [0.15, 0.2) is 0 Å². The molecule has 5 rings (SSSR count). The largest absolute Gasteiger partial charge is 0.381 e. The number of H-pyrrole nitrogens is 1. The number of nitrogens with zero attached hydrogens (tertiary/aromatic N) is 2. The van der Waals surface area contributed by atoms with E-state index in [1.165, 1.54) is 17.6 Å². The number of aromatic nitrogens is 2. The first kappa shape index (κ1) is 17.8. The number of morpholine rings is 1. The lowest BCUT2D eigenvalue weighted by atomic mass is 10.1. The second-order valence-electron chi connectivity index (χ2n) is 7.37. The molecule has 2 aromatic heterocycles. The van der Waals surface area contributed by atoms with Gasteiger partial charge in [-0.25, -0.2) is 4.39 Å². The number of fused-ring (bicyclic) bond motifs is 2. The molecule has 0 bridgehead atoms. The normalized spacial score (nSPS) is 18.2. The van der Waals surface area contributed by atoms with Crippen molar-refractivity contribution in [2.75, 3.05) is 44.7 Å². The molecule has 0 spiro atoms. The number of benzene rings is 1. The molecule has 3 aromatic rings. The molecule has 2 aliphatic rings. The van der Waals surface area contributed by atoms with Crippen LogP contribution in [0.2, 0.25) is 0 Å². The molecule has 2 N–H and O–H groups in total. The summed E-state index contributed by atoms with van der Waals surface area (Å²) in [4.78, 5) is 27.8. The number of rotatable bonds is 5. The van der Waals surface area contributed by atoms with Crippen molar-refractivity contribution in [3.05, 3.63) is 38.5 Å². The molecule has 148 valence electrons. The Labute approximate surface area is 163 Å². The zero-order chi connectivity index (χ0) is 19.3. The fraction of sp³-hybridized carbons (Fsp3) is 0.474. The van der Waals surface area contributed by atoms with Crippen molar-refractivity contribution in [2.24, 2.45) is 0 Å². The number of hydrogen-bond acceptors (Lipinski definition) is 6. The van der Waals surface area contributed by atoms with Crippen LogP contribution < -0.4 is 16.3 Å². The maximum absolute atomic E-state index is 14.7. The van der Waals surface area contributed by atoms with E-state index >= 15 is 0 Å². The number of anilines is 1. The predicted octanol–water partition coefficient (Wildman–Crippen LogP) is 2.12. The van der Waals surface area contributed by atoms with Gasteiger partial charge in [0.1, 0.15) is 16.0 Å². The van der Waals surface area contributed by atoms with Gasteiger partial charge < -0.3 is 14.6 Å². The van der Waals surface area contributed by atoms with E-state index in [-0.39, 0.29) is 16.8 Å². The van der Waals surface area contributed by atoms with Gasteiger partial charge in [0.2, 0.25) is 5.43 Å². The summed E-state index contributed by atoms with van der Waals surface area (Å²) in [7, 11) is 0. The molecular formula is C19H21FN4O3S. The van der Waals surface area contributed by atoms with Crippen LogP contribution >= 0.6 is 11.5 Å². The van der Waals surface area contributed by atoms with E-state index < -0.39 is 16.8 Å². The van der Waals surface area contributed by atoms with Crippen LogP contribution in [0.25, 0.3) is 21.1 Å². The second kappa shape index (κ2) is 6.98. The lowest BCUT2D eigenvalue weighted by molar-refractivity contribution is 0.0398. The number of aromatic amines is 1. The van der Waals surface area contributed by atoms with Gasteiger partial charge in [-0.2, -0.15) is 0 Å². The number of nitrogens with one attached hydrogen (secondary N) is 2. The highest BCUT2D eigenvalue weighted by Crippen LogP contribution is 2.40. The quantitative estimate of drug-likeness (QED) is 0.681. The molecule has 28 heavy (non-hydrogen) atoms. The molecule has 2 fully saturated rings. The molecule has 0 atom stereocenters. The molecule has 9 heteroatoms. The summed E-state index contributed by atoms with van der Waals surface area (Å²) < 4.78 is 24.7. The standard InChI is InChI=1S/C19H21FN4O3S/c20-13-9-12-15(10-14(13)21-3-4-23-5-7-27-8-6-23)24(11-1-2-11)19-16(17(12)25)18(26)22-28-19/h9-11,21H,1-8H2,(H,22,26). The molecule has 1 aromatic carbocycles. The molecule has 1 aliphatic heterocycles. The van der Waals surface area contributed by atoms with Crippen LogP contribution in [0.3, 0.4) is 0 Å². The van der Waals surface area contributed by atoms with Gasteiger partial charge in [0.25, 0.3) is 5.56 Å². The summed E-state index contributed by atoms with van der Waals surface area (Å²) in [6.07, 6.45) is 1.99. The van der Waals surface area contributed by atoms with Crippen molar-refractivity contribution in [1.82, 2.24) is 13.8 Å². The summed E-state index contributed by atoms with van der Waals surface area (Å²) in [6, 6.07) is 3.24. The summed E-state index contributed by atoms with van der Waals surface area (Å²) in [5.41, 5.74) is 0.278. The average Bonchev–Trinajstić information content (AvgIpc) is 3.46. The summed E-state index contributed by atoms with van der Waals surface area (Å²) in [5, 5.41) is 3.57. The van der Waals surface area contributed by atoms with Gasteiger partial charge in [0.05, 0.1) is 24.4 Å². The maximum Gasteiger partial charge on any atom is 0.271 e. The van der Waals surface area contributed by atoms with Crippen molar-refractivity contribution in [3.63, 3.8) is 0 Å². The van der Waals surface area contributed by atoms with Gasteiger partial charge in [-0.3, -0.25) is 18.9 Å². The fourth-order valence-electron chi connectivity index (χ4n) is 3.85. The van der Waals surface area contributed by atoms with Gasteiger partial charge in [0, 0.05) is 37.6 Å². The van der Waals surface area contributed by atoms with Crippen LogP contribution in [0, 0.1) is 5.82 Å². The molecule has 7 nitrogen and oxygen atoms in total. The van der Waals surface area contributed by atoms with E-state index in [1.54, 1.807) is 6.07 Å². The first-order chi connectivity index (χ1) is 13.6. The third-order valence-electron chi connectivity index (χ3n) is 5.48. The van der Waals surface area contributed by atoms with E-state index in [0.29, 0.717) is 22.6 Å². The van der Waals surface area contributed by atoms with Crippen LogP contribution in [0.15, 0.2) is 21.7 Å². The van der Waals surface area contributed by atoms with E-state index in [1.807, 2.05) is 4.57 Å². The predicted molar refractivity (Wildman–Crippen MR) is 108 cm³/mol. The van der Waals surface area contributed by atoms with Crippen molar-refractivity contribution < 1.29 is 9.13 Å². The van der Waals surface area contributed by atoms with Gasteiger partial charge >= 0.3 is 0 Å². The van der Waals surface area contributed by atoms with Crippen LogP contribution in [0.4, 0.5) is 10.1 Å². The van der Waals surface area contributed by atoms with Gasteiger partial charge in [-0.05, 0) is 36.5 Å². The molecule has 3 heterocycles. The SMILES string of the molecule is O=c1[nH]sc2c1c(=O)c1cc(F)c(NCCN3CCOCC3)cc1n2C1CC1. The first-order valence-electron chi connectivity index (χ1n) is 9.56. The molecule has 0 radical (unpaired) electrons. The van der Waals surface area contributed by atoms with Crippen molar-refractivity contribution >= 4 is 38.3 Å². The minimum Gasteiger partial charge on any atom is -0.381 e. The van der Waals surface area contributed by atoms with Crippen molar-refractivity contribution in [3.8, 4) is 0 Å². The van der Waals surface area contributed by atoms with E-state index in [4.69, 9.17) is 4.74 Å². The van der Waals surface area contributed by atoms with Crippen LogP contribution in [-0.4, -0.2) is 53.2 Å². The van der Waals surface area contributed by atoms with Crippen molar-refractivity contribution in [2.45, 2.75) is 18.9 Å². The third-order valence-corrected chi connectivity index (χ3v) is 6.36. The van der Waals surface area contributed by atoms with E-state index in [2.05, 4.69) is 14.6 Å². The smallest absolute Gasteiger partial charge is 0.271 e. The molecule has 0 amide bonds. The lowest BCUT2D eigenvalue weighted by Crippen LogP contribution is -2.39. The Balaban J connectivity index is 1.53. The highest BCUT2D eigenvalue weighted by molar-refractivity contribution is 7.12. The van der Waals surface area contributed by atoms with Crippen molar-refractivity contribution in [1.29, 1.82) is 0 Å². The first-order valence-corrected chi connectivity index (χ1v) is 10.4. The summed E-state index contributed by atoms with van der Waals surface area (Å²) in [6.45, 7) is 4.63. The lowest BCUT2D eigenvalue weighted by Gasteiger charge is -2.26. The van der Waals surface area contributed by atoms with Crippen LogP contribution in [-0.2, 0) is 4.74 Å². The Kier molecular flexibility index (Phi) is 4.45. The third kappa shape index (κ3) is 3.03. The van der Waals surface area contributed by atoms with E-state index in [9.17, 15) is 14.0 Å². The number of ether oxygens (including phenoxy) is 1. The zero-order valence-corrected chi connectivity index (χ0v) is 16.1. The summed E-state index contributed by atoms with van der Waals surface area (Å²) >= 11 is 1.18. The Hall–Kier alpha value is -2.23. The zero-order valence-electron chi connectivity index (χ0n) is 15.3. The number of halogens is 1. The topological polar surface area (TPSA) is 79.4 Å². The van der Waals surface area contributed by atoms with Gasteiger partial charge in [-0.15, -0.1) is 0 Å². The minimum absolute atomic E-state index is 0.136. The summed E-state index contributed by atoms with van der Waals surface area (Å²) in [5.74, 6) is -0.472. The Morgan fingerprint density at radius 1 is 1.25 bits per heavy atom. The Morgan fingerprint density at radius 2 is 2.04 bits per heavy atom. The number of hydrogen-bond donors (Lipinski definition) is 2. The van der Waals surface area contributed by atoms with Gasteiger partial charge in [-0.1, -0.05) is 0 Å².